The lowest BCUT2D eigenvalue weighted by molar-refractivity contribution is -0.237. The van der Waals surface area contributed by atoms with Crippen LogP contribution in [0, 0.1) is 0 Å². The highest BCUT2D eigenvalue weighted by Gasteiger charge is 2.41. The Labute approximate surface area is 210 Å². The van der Waals surface area contributed by atoms with Crippen molar-refractivity contribution in [2.75, 3.05) is 13.7 Å². The molecule has 3 atom stereocenters. The van der Waals surface area contributed by atoms with Crippen molar-refractivity contribution in [1.82, 2.24) is 19.5 Å². The number of halogens is 2. The van der Waals surface area contributed by atoms with Crippen LogP contribution in [0.25, 0.3) is 21.9 Å². The molecule has 8 nitrogen and oxygen atoms in total. The van der Waals surface area contributed by atoms with Gasteiger partial charge in [-0.15, -0.1) is 0 Å². The van der Waals surface area contributed by atoms with Gasteiger partial charge in [0, 0.05) is 41.8 Å². The molecule has 5 rings (SSSR count). The van der Waals surface area contributed by atoms with Crippen molar-refractivity contribution in [2.45, 2.75) is 44.5 Å². The number of fused-ring (bicyclic) bond motifs is 2. The minimum Gasteiger partial charge on any atom is -0.491 e. The minimum absolute atomic E-state index is 0.203. The molecule has 3 aromatic heterocycles. The second-order valence-corrected chi connectivity index (χ2v) is 9.86. The van der Waals surface area contributed by atoms with Crippen molar-refractivity contribution >= 4 is 49.5 Å². The molecule has 1 fully saturated rings. The molecule has 34 heavy (non-hydrogen) atoms. The summed E-state index contributed by atoms with van der Waals surface area (Å²) in [5.41, 5.74) is 1.55. The zero-order chi connectivity index (χ0) is 23.9. The first-order chi connectivity index (χ1) is 16.3. The van der Waals surface area contributed by atoms with E-state index in [2.05, 4.69) is 30.9 Å². The molecule has 0 unspecified atom stereocenters. The van der Waals surface area contributed by atoms with Crippen LogP contribution in [0.5, 0.6) is 5.75 Å². The average Bonchev–Trinajstić information content (AvgIpc) is 3.42. The van der Waals surface area contributed by atoms with Crippen LogP contribution in [0.2, 0.25) is 5.15 Å². The SMILES string of the molecule is COC(C)(C)O[C@@H]1C[C@@H](COc2ccc3cc(Br)cnc3c2)O[C@H]1n1ccc2c(Cl)ncnc21. The zero-order valence-corrected chi connectivity index (χ0v) is 21.3. The van der Waals surface area contributed by atoms with Crippen LogP contribution in [0.3, 0.4) is 0 Å². The normalized spacial score (nSPS) is 20.9. The topological polar surface area (TPSA) is 80.5 Å². The minimum atomic E-state index is -0.782. The highest BCUT2D eigenvalue weighted by Crippen LogP contribution is 2.37. The lowest BCUT2D eigenvalue weighted by atomic mass is 10.2. The van der Waals surface area contributed by atoms with Crippen LogP contribution in [-0.4, -0.2) is 51.2 Å². The van der Waals surface area contributed by atoms with Crippen LogP contribution in [0.15, 0.2) is 53.5 Å². The van der Waals surface area contributed by atoms with Crippen molar-refractivity contribution in [3.05, 3.63) is 58.7 Å². The van der Waals surface area contributed by atoms with Crippen molar-refractivity contribution in [1.29, 1.82) is 0 Å². The van der Waals surface area contributed by atoms with Crippen LogP contribution in [-0.2, 0) is 14.2 Å². The van der Waals surface area contributed by atoms with E-state index in [4.69, 9.17) is 30.5 Å². The fraction of sp³-hybridized carbons (Fsp3) is 0.375. The third-order valence-corrected chi connectivity index (χ3v) is 6.60. The first-order valence-corrected chi connectivity index (χ1v) is 12.0. The van der Waals surface area contributed by atoms with Crippen LogP contribution < -0.4 is 4.74 Å². The Morgan fingerprint density at radius 1 is 1.21 bits per heavy atom. The molecule has 0 bridgehead atoms. The van der Waals surface area contributed by atoms with Gasteiger partial charge < -0.3 is 23.5 Å². The number of ether oxygens (including phenoxy) is 4. The van der Waals surface area contributed by atoms with Gasteiger partial charge in [0.25, 0.3) is 0 Å². The largest absolute Gasteiger partial charge is 0.491 e. The number of rotatable bonds is 7. The Kier molecular flexibility index (Phi) is 6.47. The van der Waals surface area contributed by atoms with E-state index in [1.54, 1.807) is 13.3 Å². The Hall–Kier alpha value is -2.30. The average molecular weight is 548 g/mol. The molecule has 0 aliphatic carbocycles. The summed E-state index contributed by atoms with van der Waals surface area (Å²) in [7, 11) is 1.62. The number of benzene rings is 1. The fourth-order valence-corrected chi connectivity index (χ4v) is 4.63. The lowest BCUT2D eigenvalue weighted by Crippen LogP contribution is -2.35. The maximum atomic E-state index is 6.41. The number of hydrogen-bond acceptors (Lipinski definition) is 7. The number of aromatic nitrogens is 4. The molecule has 10 heteroatoms. The van der Waals surface area contributed by atoms with Gasteiger partial charge in [-0.3, -0.25) is 4.98 Å². The standard InChI is InChI=1S/C24H24BrClN4O4/c1-24(2,31-3)34-20-10-17(12-32-16-5-4-14-8-15(25)11-27-19(14)9-16)33-23(20)30-7-6-18-21(26)28-13-29-22(18)30/h4-9,11,13,17,20,23H,10,12H2,1-3H3/t17-,20+,23+/m0/s1. The summed E-state index contributed by atoms with van der Waals surface area (Å²) in [6.45, 7) is 4.11. The summed E-state index contributed by atoms with van der Waals surface area (Å²) in [5.74, 6) is -0.0504. The highest BCUT2D eigenvalue weighted by molar-refractivity contribution is 9.10. The quantitative estimate of drug-likeness (QED) is 0.222. The van der Waals surface area contributed by atoms with E-state index in [-0.39, 0.29) is 12.2 Å². The maximum absolute atomic E-state index is 6.41. The molecule has 0 amide bonds. The van der Waals surface area contributed by atoms with Gasteiger partial charge in [-0.25, -0.2) is 9.97 Å². The molecule has 1 aromatic carbocycles. The molecular formula is C24H24BrClN4O4. The number of methoxy groups -OCH3 is 1. The van der Waals surface area contributed by atoms with Gasteiger partial charge in [-0.2, -0.15) is 0 Å². The van der Waals surface area contributed by atoms with Gasteiger partial charge in [0.05, 0.1) is 17.0 Å². The van der Waals surface area contributed by atoms with E-state index in [9.17, 15) is 0 Å². The summed E-state index contributed by atoms with van der Waals surface area (Å²) in [6.07, 6.45) is 4.81. The molecule has 1 aliphatic rings. The Morgan fingerprint density at radius 3 is 2.88 bits per heavy atom. The van der Waals surface area contributed by atoms with E-state index < -0.39 is 12.0 Å². The van der Waals surface area contributed by atoms with Crippen LogP contribution >= 0.6 is 27.5 Å². The van der Waals surface area contributed by atoms with E-state index in [0.29, 0.717) is 23.8 Å². The second kappa shape index (κ2) is 9.39. The molecule has 1 saturated heterocycles. The van der Waals surface area contributed by atoms with Gasteiger partial charge in [0.15, 0.2) is 12.0 Å². The highest BCUT2D eigenvalue weighted by atomic mass is 79.9. The first-order valence-electron chi connectivity index (χ1n) is 10.9. The van der Waals surface area contributed by atoms with Crippen molar-refractivity contribution in [2.24, 2.45) is 0 Å². The van der Waals surface area contributed by atoms with Crippen LogP contribution in [0.1, 0.15) is 26.5 Å². The van der Waals surface area contributed by atoms with E-state index in [1.807, 2.05) is 54.9 Å². The van der Waals surface area contributed by atoms with Crippen molar-refractivity contribution < 1.29 is 18.9 Å². The number of nitrogens with zero attached hydrogens (tertiary/aromatic N) is 4. The lowest BCUT2D eigenvalue weighted by Gasteiger charge is -2.30. The Balaban J connectivity index is 1.36. The van der Waals surface area contributed by atoms with E-state index >= 15 is 0 Å². The number of hydrogen-bond donors (Lipinski definition) is 0. The zero-order valence-electron chi connectivity index (χ0n) is 18.9. The molecule has 178 valence electrons. The van der Waals surface area contributed by atoms with Gasteiger partial charge in [-0.05, 0) is 54.0 Å². The summed E-state index contributed by atoms with van der Waals surface area (Å²) in [5, 5.41) is 2.19. The van der Waals surface area contributed by atoms with Gasteiger partial charge >= 0.3 is 0 Å². The molecule has 4 aromatic rings. The maximum Gasteiger partial charge on any atom is 0.162 e. The monoisotopic (exact) mass is 546 g/mol. The van der Waals surface area contributed by atoms with Gasteiger partial charge in [0.2, 0.25) is 0 Å². The van der Waals surface area contributed by atoms with E-state index in [0.717, 1.165) is 26.5 Å². The molecule has 4 heterocycles. The first kappa shape index (κ1) is 23.4. The van der Waals surface area contributed by atoms with E-state index in [1.165, 1.54) is 6.33 Å². The molecule has 1 aliphatic heterocycles. The Morgan fingerprint density at radius 2 is 2.06 bits per heavy atom. The second-order valence-electron chi connectivity index (χ2n) is 8.59. The molecule has 0 N–H and O–H groups in total. The molecule has 0 spiro atoms. The van der Waals surface area contributed by atoms with Crippen LogP contribution in [0.4, 0.5) is 0 Å². The third-order valence-electron chi connectivity index (χ3n) is 5.86. The Bertz CT molecular complexity index is 1330. The summed E-state index contributed by atoms with van der Waals surface area (Å²) in [4.78, 5) is 12.9. The van der Waals surface area contributed by atoms with Crippen molar-refractivity contribution in [3.63, 3.8) is 0 Å². The van der Waals surface area contributed by atoms with Crippen molar-refractivity contribution in [3.8, 4) is 5.75 Å². The predicted molar refractivity (Wildman–Crippen MR) is 132 cm³/mol. The van der Waals surface area contributed by atoms with Gasteiger partial charge in [0.1, 0.15) is 35.6 Å². The fourth-order valence-electron chi connectivity index (χ4n) is 4.09. The number of pyridine rings is 1. The molecule has 0 saturated carbocycles. The summed E-state index contributed by atoms with van der Waals surface area (Å²) in [6, 6.07) is 9.75. The predicted octanol–water partition coefficient (Wildman–Crippen LogP) is 5.53. The third kappa shape index (κ3) is 4.76. The van der Waals surface area contributed by atoms with Gasteiger partial charge in [-0.1, -0.05) is 11.6 Å². The summed E-state index contributed by atoms with van der Waals surface area (Å²) < 4.78 is 27.2. The molecular weight excluding hydrogens is 524 g/mol. The summed E-state index contributed by atoms with van der Waals surface area (Å²) >= 11 is 9.70. The smallest absolute Gasteiger partial charge is 0.162 e. The molecule has 0 radical (unpaired) electrons.